The first kappa shape index (κ1) is 22.8. The van der Waals surface area contributed by atoms with E-state index < -0.39 is 35.9 Å². The van der Waals surface area contributed by atoms with Gasteiger partial charge in [-0.3, -0.25) is 4.79 Å². The third kappa shape index (κ3) is 5.04. The van der Waals surface area contributed by atoms with Gasteiger partial charge in [-0.05, 0) is 72.8 Å². The zero-order valence-corrected chi connectivity index (χ0v) is 18.3. The number of alkyl halides is 1. The number of carbonyl (C=O) groups is 3. The van der Waals surface area contributed by atoms with Gasteiger partial charge in [-0.25, -0.2) is 14.0 Å². The van der Waals surface area contributed by atoms with E-state index >= 15 is 0 Å². The molecule has 9 heteroatoms. The van der Waals surface area contributed by atoms with E-state index in [-0.39, 0.29) is 24.0 Å². The van der Waals surface area contributed by atoms with Crippen molar-refractivity contribution in [2.24, 2.45) is 0 Å². The number of hydrogen-bond donors (Lipinski definition) is 2. The van der Waals surface area contributed by atoms with Gasteiger partial charge in [-0.2, -0.15) is 0 Å². The van der Waals surface area contributed by atoms with E-state index in [1.165, 1.54) is 4.90 Å². The fourth-order valence-electron chi connectivity index (χ4n) is 4.89. The topological polar surface area (TPSA) is 99.2 Å². The molecule has 30 heavy (non-hydrogen) atoms. The van der Waals surface area contributed by atoms with Crippen LogP contribution in [0, 0.1) is 0 Å². The van der Waals surface area contributed by atoms with E-state index in [0.717, 1.165) is 0 Å². The Morgan fingerprint density at radius 3 is 2.37 bits per heavy atom. The van der Waals surface area contributed by atoms with Gasteiger partial charge in [-0.1, -0.05) is 0 Å². The molecule has 2 aliphatic heterocycles. The van der Waals surface area contributed by atoms with E-state index in [0.29, 0.717) is 44.9 Å². The Balaban J connectivity index is 1.78. The van der Waals surface area contributed by atoms with Crippen molar-refractivity contribution < 1.29 is 28.6 Å². The number of ether oxygens (including phenoxy) is 1. The largest absolute Gasteiger partial charge is 0.480 e. The van der Waals surface area contributed by atoms with Crippen LogP contribution in [0.2, 0.25) is 0 Å². The molecule has 0 bridgehead atoms. The molecule has 1 saturated carbocycles. The number of fused-ring (bicyclic) bond motifs is 1. The number of halogens is 1. The summed E-state index contributed by atoms with van der Waals surface area (Å²) in [7, 11) is 1.98. The fourth-order valence-corrected chi connectivity index (χ4v) is 4.89. The number of carbonyl (C=O) groups excluding carboxylic acids is 2. The molecule has 3 fully saturated rings. The highest BCUT2D eigenvalue weighted by atomic mass is 19.1. The van der Waals surface area contributed by atoms with Crippen molar-refractivity contribution in [1.82, 2.24) is 15.1 Å². The van der Waals surface area contributed by atoms with E-state index in [1.54, 1.807) is 20.8 Å². The maximum Gasteiger partial charge on any atom is 0.408 e. The number of nitrogens with zero attached hydrogens (tertiary/aromatic N) is 2. The number of amides is 2. The summed E-state index contributed by atoms with van der Waals surface area (Å²) in [6.45, 7) is 5.22. The molecule has 0 unspecified atom stereocenters. The van der Waals surface area contributed by atoms with Gasteiger partial charge in [0.1, 0.15) is 23.9 Å². The second-order valence-electron chi connectivity index (χ2n) is 9.88. The van der Waals surface area contributed by atoms with Crippen molar-refractivity contribution in [3.8, 4) is 0 Å². The SMILES string of the molecule is CN(C1CC(F)C1)[C@H]1CC[C@H](NC(=O)OC(C)(C)C)C(=O)N2[C@H](CC[C@H]2C(=O)O)C1. The predicted molar refractivity (Wildman–Crippen MR) is 108 cm³/mol. The molecule has 0 aromatic rings. The van der Waals surface area contributed by atoms with Crippen molar-refractivity contribution in [2.75, 3.05) is 7.05 Å². The molecule has 2 amide bonds. The summed E-state index contributed by atoms with van der Waals surface area (Å²) in [6.07, 6.45) is 2.31. The minimum Gasteiger partial charge on any atom is -0.480 e. The number of carboxylic acids is 1. The number of carboxylic acid groups (broad SMARTS) is 1. The van der Waals surface area contributed by atoms with Crippen molar-refractivity contribution >= 4 is 18.0 Å². The average Bonchev–Trinajstić information content (AvgIpc) is 3.00. The highest BCUT2D eigenvalue weighted by molar-refractivity contribution is 5.90. The van der Waals surface area contributed by atoms with Crippen LogP contribution in [0.1, 0.15) is 65.7 Å². The van der Waals surface area contributed by atoms with Crippen LogP contribution in [-0.4, -0.2) is 81.9 Å². The van der Waals surface area contributed by atoms with Crippen molar-refractivity contribution in [2.45, 2.75) is 108 Å². The average molecular weight is 428 g/mol. The first-order chi connectivity index (χ1) is 14.0. The minimum absolute atomic E-state index is 0.0959. The van der Waals surface area contributed by atoms with Gasteiger partial charge in [0.05, 0.1) is 0 Å². The maximum absolute atomic E-state index is 13.4. The third-order valence-electron chi connectivity index (χ3n) is 6.57. The molecule has 3 aliphatic rings. The van der Waals surface area contributed by atoms with Gasteiger partial charge in [-0.15, -0.1) is 0 Å². The molecule has 3 rings (SSSR count). The number of rotatable bonds is 4. The molecule has 170 valence electrons. The molecule has 2 saturated heterocycles. The van der Waals surface area contributed by atoms with Crippen LogP contribution in [0.3, 0.4) is 0 Å². The van der Waals surface area contributed by atoms with Gasteiger partial charge >= 0.3 is 12.1 Å². The quantitative estimate of drug-likeness (QED) is 0.714. The second-order valence-corrected chi connectivity index (χ2v) is 9.88. The lowest BCUT2D eigenvalue weighted by Crippen LogP contribution is -2.58. The Bertz CT molecular complexity index is 676. The van der Waals surface area contributed by atoms with Crippen LogP contribution >= 0.6 is 0 Å². The molecule has 0 spiro atoms. The number of alkyl carbamates (subject to hydrolysis) is 1. The van der Waals surface area contributed by atoms with Crippen molar-refractivity contribution in [1.29, 1.82) is 0 Å². The smallest absolute Gasteiger partial charge is 0.408 e. The van der Waals surface area contributed by atoms with E-state index in [1.807, 2.05) is 7.05 Å². The summed E-state index contributed by atoms with van der Waals surface area (Å²) >= 11 is 0. The Kier molecular flexibility index (Phi) is 6.60. The molecule has 0 aromatic heterocycles. The summed E-state index contributed by atoms with van der Waals surface area (Å²) in [5, 5.41) is 12.3. The van der Waals surface area contributed by atoms with Crippen LogP contribution in [0.5, 0.6) is 0 Å². The molecule has 8 nitrogen and oxygen atoms in total. The van der Waals surface area contributed by atoms with Gasteiger partial charge in [0.15, 0.2) is 0 Å². The highest BCUT2D eigenvalue weighted by Gasteiger charge is 2.47. The number of aliphatic carboxylic acids is 1. The maximum atomic E-state index is 13.4. The van der Waals surface area contributed by atoms with Gasteiger partial charge in [0.25, 0.3) is 0 Å². The monoisotopic (exact) mass is 427 g/mol. The lowest BCUT2D eigenvalue weighted by Gasteiger charge is -2.45. The molecule has 1 aliphatic carbocycles. The zero-order chi connectivity index (χ0) is 22.2. The second kappa shape index (κ2) is 8.69. The normalized spacial score (nSPS) is 34.6. The Labute approximate surface area is 177 Å². The number of nitrogens with one attached hydrogen (secondary N) is 1. The lowest BCUT2D eigenvalue weighted by atomic mass is 9.86. The lowest BCUT2D eigenvalue weighted by molar-refractivity contribution is -0.151. The van der Waals surface area contributed by atoms with Crippen LogP contribution in [0.15, 0.2) is 0 Å². The van der Waals surface area contributed by atoms with Crippen molar-refractivity contribution in [3.63, 3.8) is 0 Å². The summed E-state index contributed by atoms with van der Waals surface area (Å²) in [5.74, 6) is -1.38. The van der Waals surface area contributed by atoms with E-state index in [4.69, 9.17) is 4.74 Å². The number of hydrogen-bond acceptors (Lipinski definition) is 5. The molecular formula is C21H34FN3O5. The molecule has 0 radical (unpaired) electrons. The van der Waals surface area contributed by atoms with Gasteiger partial charge in [0.2, 0.25) is 5.91 Å². The summed E-state index contributed by atoms with van der Waals surface area (Å²) in [6, 6.07) is -1.65. The zero-order valence-electron chi connectivity index (χ0n) is 18.3. The first-order valence-corrected chi connectivity index (χ1v) is 10.9. The Morgan fingerprint density at radius 1 is 1.13 bits per heavy atom. The van der Waals surface area contributed by atoms with Crippen molar-refractivity contribution in [3.05, 3.63) is 0 Å². The van der Waals surface area contributed by atoms with Crippen LogP contribution in [0.25, 0.3) is 0 Å². The predicted octanol–water partition coefficient (Wildman–Crippen LogP) is 2.31. The fraction of sp³-hybridized carbons (Fsp3) is 0.857. The van der Waals surface area contributed by atoms with Crippen LogP contribution < -0.4 is 5.32 Å². The molecular weight excluding hydrogens is 393 g/mol. The highest BCUT2D eigenvalue weighted by Crippen LogP contribution is 2.36. The Morgan fingerprint density at radius 2 is 1.80 bits per heavy atom. The van der Waals surface area contributed by atoms with Gasteiger partial charge < -0.3 is 25.0 Å². The van der Waals surface area contributed by atoms with Crippen LogP contribution in [0.4, 0.5) is 9.18 Å². The summed E-state index contributed by atoms with van der Waals surface area (Å²) in [4.78, 5) is 41.0. The first-order valence-electron chi connectivity index (χ1n) is 10.9. The third-order valence-corrected chi connectivity index (χ3v) is 6.57. The molecule has 0 aromatic carbocycles. The molecule has 4 atom stereocenters. The summed E-state index contributed by atoms with van der Waals surface area (Å²) < 4.78 is 18.7. The van der Waals surface area contributed by atoms with E-state index in [2.05, 4.69) is 10.2 Å². The van der Waals surface area contributed by atoms with Gasteiger partial charge in [0, 0.05) is 18.1 Å². The van der Waals surface area contributed by atoms with Crippen LogP contribution in [-0.2, 0) is 14.3 Å². The minimum atomic E-state index is -1.02. The van der Waals surface area contributed by atoms with E-state index in [9.17, 15) is 23.9 Å². The molecule has 2 N–H and O–H groups in total. The summed E-state index contributed by atoms with van der Waals surface area (Å²) in [5.41, 5.74) is -0.704. The standard InChI is InChI=1S/C21H34FN3O5/c1-21(2,3)30-20(29)23-16-7-5-13(24(4)15-9-12(22)10-15)11-14-6-8-17(19(27)28)25(14)18(16)26/h12-17H,5-11H2,1-4H3,(H,23,29)(H,27,28)/t12?,13-,14+,15?,16-,17-/m0/s1. The molecule has 2 heterocycles. The Hall–Kier alpha value is -1.90.